The highest BCUT2D eigenvalue weighted by Crippen LogP contribution is 2.46. The Bertz CT molecular complexity index is 1250. The number of allylic oxidation sites excluding steroid dienone is 4. The van der Waals surface area contributed by atoms with Crippen molar-refractivity contribution in [3.63, 3.8) is 0 Å². The number of hydrogen-bond acceptors (Lipinski definition) is 3. The van der Waals surface area contributed by atoms with Gasteiger partial charge in [-0.25, -0.2) is 4.79 Å². The monoisotopic (exact) mass is 399 g/mol. The third-order valence-corrected chi connectivity index (χ3v) is 7.13. The van der Waals surface area contributed by atoms with Gasteiger partial charge in [-0.2, -0.15) is 0 Å². The number of rotatable bonds is 1. The summed E-state index contributed by atoms with van der Waals surface area (Å²) in [5.41, 5.74) is 5.81. The number of aromatic nitrogens is 1. The number of pyridine rings is 1. The first-order valence-electron chi connectivity index (χ1n) is 9.82. The van der Waals surface area contributed by atoms with Gasteiger partial charge in [0.05, 0.1) is 0 Å². The molecule has 0 aliphatic carbocycles. The molecule has 5 rings (SSSR count). The Balaban J connectivity index is 1.58. The number of benzene rings is 2. The summed E-state index contributed by atoms with van der Waals surface area (Å²) < 4.78 is 1.84. The molecule has 0 saturated heterocycles. The van der Waals surface area contributed by atoms with Gasteiger partial charge in [0.2, 0.25) is 5.52 Å². The van der Waals surface area contributed by atoms with E-state index < -0.39 is 0 Å². The lowest BCUT2D eigenvalue weighted by molar-refractivity contribution is -0.580. The molecule has 3 aromatic rings. The number of likely N-dealkylation sites (N-methyl/N-ethyl adjacent to an activating group) is 1. The second kappa shape index (κ2) is 6.33. The summed E-state index contributed by atoms with van der Waals surface area (Å²) in [4.78, 5) is 16.2. The SMILES string of the molecule is Cc1cc2[n+](c3ccccc13)C(=O)/C(=C/C=C1/N(C)c3ccccc3C1(C)C)S2. The van der Waals surface area contributed by atoms with Crippen LogP contribution in [0.4, 0.5) is 5.69 Å². The van der Waals surface area contributed by atoms with Crippen LogP contribution in [0.5, 0.6) is 0 Å². The summed E-state index contributed by atoms with van der Waals surface area (Å²) in [6, 6.07) is 18.7. The number of anilines is 1. The van der Waals surface area contributed by atoms with Gasteiger partial charge in [0.15, 0.2) is 0 Å². The molecular formula is C25H23N2OS+. The minimum absolute atomic E-state index is 0.0500. The third kappa shape index (κ3) is 2.59. The van der Waals surface area contributed by atoms with E-state index in [1.54, 1.807) is 11.8 Å². The quantitative estimate of drug-likeness (QED) is 0.406. The number of carbonyl (C=O) groups is 1. The molecule has 144 valence electrons. The highest BCUT2D eigenvalue weighted by molar-refractivity contribution is 8.04. The van der Waals surface area contributed by atoms with Crippen LogP contribution in [0, 0.1) is 6.92 Å². The predicted octanol–water partition coefficient (Wildman–Crippen LogP) is 5.38. The summed E-state index contributed by atoms with van der Waals surface area (Å²) in [5.74, 6) is 0.0500. The van der Waals surface area contributed by atoms with Crippen molar-refractivity contribution >= 4 is 34.3 Å². The average molecular weight is 400 g/mol. The standard InChI is InChI=1S/C25H23N2OS/c1-16-15-23-27(19-11-7-5-9-17(16)19)24(28)21(29-23)13-14-22-25(2,3)18-10-6-8-12-20(18)26(22)4/h5-15H,1-4H3/q+1/b21-13-,22-14+. The zero-order valence-electron chi connectivity index (χ0n) is 17.1. The number of thioether (sulfide) groups is 1. The lowest BCUT2D eigenvalue weighted by Crippen LogP contribution is -2.41. The molecule has 0 spiro atoms. The predicted molar refractivity (Wildman–Crippen MR) is 119 cm³/mol. The number of carbonyl (C=O) groups excluding carboxylic acids is 1. The normalized spacial score (nSPS) is 20.0. The first kappa shape index (κ1) is 18.2. The Morgan fingerprint density at radius 2 is 1.76 bits per heavy atom. The van der Waals surface area contributed by atoms with E-state index in [1.165, 1.54) is 22.5 Å². The van der Waals surface area contributed by atoms with Gasteiger partial charge in [-0.05, 0) is 54.1 Å². The van der Waals surface area contributed by atoms with Crippen LogP contribution in [0.25, 0.3) is 10.9 Å². The summed E-state index contributed by atoms with van der Waals surface area (Å²) in [6.07, 6.45) is 4.10. The Kier molecular flexibility index (Phi) is 3.97. The zero-order valence-corrected chi connectivity index (χ0v) is 17.9. The molecule has 29 heavy (non-hydrogen) atoms. The Morgan fingerprint density at radius 1 is 1.03 bits per heavy atom. The summed E-state index contributed by atoms with van der Waals surface area (Å²) in [6.45, 7) is 6.58. The first-order chi connectivity index (χ1) is 13.9. The van der Waals surface area contributed by atoms with E-state index in [0.717, 1.165) is 20.8 Å². The molecular weight excluding hydrogens is 376 g/mol. The van der Waals surface area contributed by atoms with Gasteiger partial charge in [0.25, 0.3) is 5.03 Å². The van der Waals surface area contributed by atoms with Crippen molar-refractivity contribution in [1.29, 1.82) is 0 Å². The highest BCUT2D eigenvalue weighted by Gasteiger charge is 2.40. The Morgan fingerprint density at radius 3 is 2.55 bits per heavy atom. The molecule has 2 aliphatic heterocycles. The fraction of sp³-hybridized carbons (Fsp3) is 0.200. The van der Waals surface area contributed by atoms with E-state index in [4.69, 9.17) is 0 Å². The molecule has 0 bridgehead atoms. The molecule has 0 atom stereocenters. The molecule has 0 N–H and O–H groups in total. The second-order valence-corrected chi connectivity index (χ2v) is 9.27. The van der Waals surface area contributed by atoms with E-state index in [1.807, 2.05) is 28.8 Å². The Hall–Kier alpha value is -2.85. The van der Waals surface area contributed by atoms with Crippen molar-refractivity contribution in [2.45, 2.75) is 31.2 Å². The maximum Gasteiger partial charge on any atom is 0.433 e. The molecule has 0 unspecified atom stereocenters. The third-order valence-electron chi connectivity index (χ3n) is 6.09. The van der Waals surface area contributed by atoms with Gasteiger partial charge in [-0.3, -0.25) is 0 Å². The van der Waals surface area contributed by atoms with Crippen LogP contribution in [0.2, 0.25) is 0 Å². The van der Waals surface area contributed by atoms with Crippen LogP contribution in [-0.4, -0.2) is 13.0 Å². The summed E-state index contributed by atoms with van der Waals surface area (Å²) in [5, 5.41) is 2.11. The van der Waals surface area contributed by atoms with Crippen LogP contribution < -0.4 is 9.47 Å². The van der Waals surface area contributed by atoms with Crippen LogP contribution in [0.15, 0.2) is 82.4 Å². The van der Waals surface area contributed by atoms with Gasteiger partial charge in [-0.15, -0.1) is 4.57 Å². The topological polar surface area (TPSA) is 24.2 Å². The van der Waals surface area contributed by atoms with E-state index in [2.05, 4.69) is 75.2 Å². The fourth-order valence-corrected chi connectivity index (χ4v) is 5.61. The Labute approximate surface area is 175 Å². The van der Waals surface area contributed by atoms with E-state index in [-0.39, 0.29) is 11.3 Å². The van der Waals surface area contributed by atoms with Gasteiger partial charge in [0.1, 0.15) is 4.91 Å². The van der Waals surface area contributed by atoms with Crippen molar-refractivity contribution in [2.24, 2.45) is 0 Å². The van der Waals surface area contributed by atoms with Crippen molar-refractivity contribution < 1.29 is 9.36 Å². The molecule has 0 amide bonds. The summed E-state index contributed by atoms with van der Waals surface area (Å²) in [7, 11) is 2.10. The number of nitrogens with zero attached hydrogens (tertiary/aromatic N) is 2. The molecule has 3 nitrogen and oxygen atoms in total. The van der Waals surface area contributed by atoms with Gasteiger partial charge in [0, 0.05) is 41.4 Å². The van der Waals surface area contributed by atoms with Crippen LogP contribution in [0.3, 0.4) is 0 Å². The van der Waals surface area contributed by atoms with Gasteiger partial charge < -0.3 is 4.90 Å². The number of hydrogen-bond donors (Lipinski definition) is 0. The van der Waals surface area contributed by atoms with Crippen molar-refractivity contribution in [3.8, 4) is 0 Å². The maximum atomic E-state index is 13.2. The van der Waals surface area contributed by atoms with E-state index >= 15 is 0 Å². The molecule has 3 heterocycles. The molecule has 2 aromatic carbocycles. The second-order valence-electron chi connectivity index (χ2n) is 8.21. The van der Waals surface area contributed by atoms with Crippen molar-refractivity contribution in [2.75, 3.05) is 11.9 Å². The number of aryl methyl sites for hydroxylation is 1. The van der Waals surface area contributed by atoms with E-state index in [9.17, 15) is 4.79 Å². The lowest BCUT2D eigenvalue weighted by Gasteiger charge is -2.23. The maximum absolute atomic E-state index is 13.2. The number of para-hydroxylation sites is 2. The smallest absolute Gasteiger partial charge is 0.347 e. The molecule has 2 aliphatic rings. The van der Waals surface area contributed by atoms with E-state index in [0.29, 0.717) is 0 Å². The largest absolute Gasteiger partial charge is 0.433 e. The minimum Gasteiger partial charge on any atom is -0.347 e. The molecule has 4 heteroatoms. The lowest BCUT2D eigenvalue weighted by atomic mass is 9.84. The zero-order chi connectivity index (χ0) is 20.3. The van der Waals surface area contributed by atoms with Crippen LogP contribution in [0.1, 0.15) is 29.8 Å². The van der Waals surface area contributed by atoms with Crippen LogP contribution >= 0.6 is 11.8 Å². The molecule has 1 aromatic heterocycles. The molecule has 0 saturated carbocycles. The molecule has 0 fully saturated rings. The first-order valence-corrected chi connectivity index (χ1v) is 10.6. The minimum atomic E-state index is -0.0992. The van der Waals surface area contributed by atoms with Gasteiger partial charge in [-0.1, -0.05) is 44.2 Å². The highest BCUT2D eigenvalue weighted by atomic mass is 32.2. The van der Waals surface area contributed by atoms with Gasteiger partial charge >= 0.3 is 5.91 Å². The van der Waals surface area contributed by atoms with Crippen LogP contribution in [-0.2, 0) is 5.41 Å². The van der Waals surface area contributed by atoms with Crippen molar-refractivity contribution in [3.05, 3.63) is 88.5 Å². The average Bonchev–Trinajstić information content (AvgIpc) is 3.12. The number of fused-ring (bicyclic) bond motifs is 4. The fourth-order valence-electron chi connectivity index (χ4n) is 4.56. The molecule has 0 radical (unpaired) electrons. The summed E-state index contributed by atoms with van der Waals surface area (Å²) >= 11 is 1.55. The van der Waals surface area contributed by atoms with Crippen molar-refractivity contribution in [1.82, 2.24) is 0 Å².